The predicted octanol–water partition coefficient (Wildman–Crippen LogP) is 1.69. The van der Waals surface area contributed by atoms with Gasteiger partial charge in [-0.15, -0.1) is 0 Å². The lowest BCUT2D eigenvalue weighted by Crippen LogP contribution is -2.46. The van der Waals surface area contributed by atoms with Crippen LogP contribution >= 0.6 is 11.6 Å². The number of ether oxygens (including phenoxy) is 1. The molecule has 0 unspecified atom stereocenters. The summed E-state index contributed by atoms with van der Waals surface area (Å²) in [5.41, 5.74) is -0.679. The molecular formula is C19H30ClN3O5S. The molecule has 0 bridgehead atoms. The molecule has 8 nitrogen and oxygen atoms in total. The molecule has 1 aromatic carbocycles. The predicted molar refractivity (Wildman–Crippen MR) is 112 cm³/mol. The highest BCUT2D eigenvalue weighted by Crippen LogP contribution is 2.17. The van der Waals surface area contributed by atoms with Crippen LogP contribution in [0.25, 0.3) is 0 Å². The Morgan fingerprint density at radius 2 is 1.55 bits per heavy atom. The molecule has 1 aromatic rings. The van der Waals surface area contributed by atoms with Crippen LogP contribution in [-0.2, 0) is 24.3 Å². The minimum absolute atomic E-state index is 0.0317. The first kappa shape index (κ1) is 25.4. The summed E-state index contributed by atoms with van der Waals surface area (Å²) in [5, 5.41) is 0.412. The van der Waals surface area contributed by atoms with Crippen LogP contribution in [0.2, 0.25) is 5.02 Å². The van der Waals surface area contributed by atoms with E-state index in [0.717, 1.165) is 4.31 Å². The maximum absolute atomic E-state index is 12.8. The molecule has 0 saturated heterocycles. The van der Waals surface area contributed by atoms with Crippen LogP contribution in [0.4, 0.5) is 0 Å². The van der Waals surface area contributed by atoms with Crippen molar-refractivity contribution in [1.29, 1.82) is 0 Å². The van der Waals surface area contributed by atoms with Gasteiger partial charge in [0.1, 0.15) is 12.1 Å². The van der Waals surface area contributed by atoms with Crippen molar-refractivity contribution in [3.05, 3.63) is 29.3 Å². The van der Waals surface area contributed by atoms with Crippen LogP contribution in [0.1, 0.15) is 20.8 Å². The minimum Gasteiger partial charge on any atom is -0.459 e. The van der Waals surface area contributed by atoms with Gasteiger partial charge in [0.15, 0.2) is 0 Å². The third kappa shape index (κ3) is 8.69. The molecule has 0 aliphatic carbocycles. The van der Waals surface area contributed by atoms with Crippen LogP contribution in [-0.4, -0.2) is 87.3 Å². The Bertz CT molecular complexity index is 804. The molecule has 0 saturated carbocycles. The zero-order valence-corrected chi connectivity index (χ0v) is 19.4. The molecule has 29 heavy (non-hydrogen) atoms. The highest BCUT2D eigenvalue weighted by atomic mass is 35.5. The maximum Gasteiger partial charge on any atom is 0.326 e. The summed E-state index contributed by atoms with van der Waals surface area (Å²) in [5.74, 6) is -1.04. The fourth-order valence-electron chi connectivity index (χ4n) is 2.30. The minimum atomic E-state index is -3.87. The van der Waals surface area contributed by atoms with E-state index in [4.69, 9.17) is 16.3 Å². The Hall–Kier alpha value is -1.68. The molecule has 1 amide bonds. The van der Waals surface area contributed by atoms with Gasteiger partial charge < -0.3 is 14.5 Å². The van der Waals surface area contributed by atoms with E-state index in [1.165, 1.54) is 36.2 Å². The van der Waals surface area contributed by atoms with E-state index in [0.29, 0.717) is 11.6 Å². The van der Waals surface area contributed by atoms with Crippen LogP contribution < -0.4 is 0 Å². The lowest BCUT2D eigenvalue weighted by atomic mass is 10.2. The van der Waals surface area contributed by atoms with Crippen molar-refractivity contribution >= 4 is 33.5 Å². The molecule has 0 atom stereocenters. The van der Waals surface area contributed by atoms with Crippen molar-refractivity contribution in [3.8, 4) is 0 Å². The topological polar surface area (TPSA) is 87.2 Å². The fraction of sp³-hybridized carbons (Fsp3) is 0.579. The van der Waals surface area contributed by atoms with Crippen LogP contribution in [0.5, 0.6) is 0 Å². The second-order valence-electron chi connectivity index (χ2n) is 7.92. The third-order valence-corrected chi connectivity index (χ3v) is 5.86. The molecule has 0 fully saturated rings. The second-order valence-corrected chi connectivity index (χ2v) is 10.4. The summed E-state index contributed by atoms with van der Waals surface area (Å²) in [7, 11) is 1.13. The fourth-order valence-corrected chi connectivity index (χ4v) is 3.55. The molecule has 0 N–H and O–H groups in total. The number of carbonyl (C=O) groups is 2. The lowest BCUT2D eigenvalue weighted by Gasteiger charge is -2.27. The quantitative estimate of drug-likeness (QED) is 0.535. The number of nitrogens with zero attached hydrogens (tertiary/aromatic N) is 3. The van der Waals surface area contributed by atoms with E-state index in [1.807, 2.05) is 19.0 Å². The van der Waals surface area contributed by atoms with Crippen molar-refractivity contribution in [2.45, 2.75) is 31.3 Å². The molecule has 0 aliphatic heterocycles. The first-order valence-corrected chi connectivity index (χ1v) is 10.9. The molecule has 0 aromatic heterocycles. The van der Waals surface area contributed by atoms with Gasteiger partial charge in [-0.05, 0) is 59.1 Å². The smallest absolute Gasteiger partial charge is 0.326 e. The van der Waals surface area contributed by atoms with Crippen molar-refractivity contribution in [2.24, 2.45) is 0 Å². The highest BCUT2D eigenvalue weighted by Gasteiger charge is 2.27. The second kappa shape index (κ2) is 10.4. The van der Waals surface area contributed by atoms with Crippen molar-refractivity contribution in [1.82, 2.24) is 14.1 Å². The van der Waals surface area contributed by atoms with Crippen LogP contribution in [0.15, 0.2) is 29.2 Å². The highest BCUT2D eigenvalue weighted by molar-refractivity contribution is 7.89. The van der Waals surface area contributed by atoms with Gasteiger partial charge in [-0.2, -0.15) is 4.31 Å². The third-order valence-electron chi connectivity index (χ3n) is 3.79. The van der Waals surface area contributed by atoms with Gasteiger partial charge >= 0.3 is 5.97 Å². The van der Waals surface area contributed by atoms with Gasteiger partial charge in [0.2, 0.25) is 15.9 Å². The van der Waals surface area contributed by atoms with Gasteiger partial charge in [-0.25, -0.2) is 8.42 Å². The summed E-state index contributed by atoms with van der Waals surface area (Å²) in [6.45, 7) is 5.35. The van der Waals surface area contributed by atoms with Gasteiger partial charge in [-0.1, -0.05) is 11.6 Å². The summed E-state index contributed by atoms with van der Waals surface area (Å²) < 4.78 is 31.6. The molecule has 10 heteroatoms. The normalized spacial score (nSPS) is 12.3. The Morgan fingerprint density at radius 1 is 1.00 bits per heavy atom. The molecule has 1 rings (SSSR count). The van der Waals surface area contributed by atoms with Gasteiger partial charge in [0.05, 0.1) is 11.4 Å². The first-order chi connectivity index (χ1) is 13.2. The molecule has 164 valence electrons. The zero-order valence-electron chi connectivity index (χ0n) is 17.8. The number of hydrogen-bond donors (Lipinski definition) is 0. The van der Waals surface area contributed by atoms with Crippen LogP contribution in [0, 0.1) is 0 Å². The molecule has 0 heterocycles. The summed E-state index contributed by atoms with van der Waals surface area (Å²) in [6, 6.07) is 5.69. The van der Waals surface area contributed by atoms with E-state index in [9.17, 15) is 18.0 Å². The van der Waals surface area contributed by atoms with Crippen molar-refractivity contribution < 1.29 is 22.7 Å². The summed E-state index contributed by atoms with van der Waals surface area (Å²) in [4.78, 5) is 28.2. The van der Waals surface area contributed by atoms with E-state index >= 15 is 0 Å². The van der Waals surface area contributed by atoms with E-state index in [-0.39, 0.29) is 18.0 Å². The number of likely N-dealkylation sites (N-methyl/N-ethyl adjacent to an activating group) is 2. The Labute approximate surface area is 178 Å². The summed E-state index contributed by atoms with van der Waals surface area (Å²) in [6.07, 6.45) is 0. The Kier molecular flexibility index (Phi) is 9.08. The lowest BCUT2D eigenvalue weighted by molar-refractivity contribution is -0.159. The number of sulfonamides is 1. The van der Waals surface area contributed by atoms with E-state index < -0.39 is 34.0 Å². The monoisotopic (exact) mass is 447 g/mol. The number of rotatable bonds is 9. The number of amides is 1. The standard InChI is InChI=1S/C19H30ClN3O5S/c1-19(2,3)28-18(25)14-23(12-11-21(4)5)17(24)13-22(6)29(26,27)16-9-7-15(20)8-10-16/h7-10H,11-14H2,1-6H3. The average molecular weight is 448 g/mol. The van der Waals surface area contributed by atoms with Gasteiger partial charge in [-0.3, -0.25) is 9.59 Å². The number of carbonyl (C=O) groups excluding carboxylic acids is 2. The molecular weight excluding hydrogens is 418 g/mol. The number of esters is 1. The van der Waals surface area contributed by atoms with Gasteiger partial charge in [0, 0.05) is 25.2 Å². The number of hydrogen-bond acceptors (Lipinski definition) is 6. The Balaban J connectivity index is 2.91. The van der Waals surface area contributed by atoms with Gasteiger partial charge in [0.25, 0.3) is 0 Å². The molecule has 0 aliphatic rings. The summed E-state index contributed by atoms with van der Waals surface area (Å²) >= 11 is 5.80. The number of halogens is 1. The van der Waals surface area contributed by atoms with Crippen molar-refractivity contribution in [2.75, 3.05) is 47.3 Å². The number of benzene rings is 1. The van der Waals surface area contributed by atoms with E-state index in [2.05, 4.69) is 0 Å². The SMILES string of the molecule is CN(C)CCN(CC(=O)OC(C)(C)C)C(=O)CN(C)S(=O)(=O)c1ccc(Cl)cc1. The van der Waals surface area contributed by atoms with Crippen LogP contribution in [0.3, 0.4) is 0 Å². The van der Waals surface area contributed by atoms with E-state index in [1.54, 1.807) is 20.8 Å². The average Bonchev–Trinajstić information content (AvgIpc) is 2.56. The first-order valence-electron chi connectivity index (χ1n) is 9.08. The molecule has 0 spiro atoms. The maximum atomic E-state index is 12.8. The van der Waals surface area contributed by atoms with Crippen molar-refractivity contribution in [3.63, 3.8) is 0 Å². The Morgan fingerprint density at radius 3 is 2.03 bits per heavy atom. The molecule has 0 radical (unpaired) electrons. The zero-order chi connectivity index (χ0) is 22.4. The largest absolute Gasteiger partial charge is 0.459 e.